The van der Waals surface area contributed by atoms with Crippen LogP contribution in [0.15, 0.2) is 51.9 Å². The van der Waals surface area contributed by atoms with Crippen LogP contribution in [0.2, 0.25) is 0 Å². The first-order valence-corrected chi connectivity index (χ1v) is 12.4. The lowest BCUT2D eigenvalue weighted by Crippen LogP contribution is -2.47. The fourth-order valence-corrected chi connectivity index (χ4v) is 4.80. The van der Waals surface area contributed by atoms with Crippen LogP contribution in [-0.2, 0) is 17.8 Å². The van der Waals surface area contributed by atoms with Crippen LogP contribution in [-0.4, -0.2) is 71.4 Å². The maximum atomic E-state index is 12.9. The number of nitrogens with one attached hydrogen (secondary N) is 1. The van der Waals surface area contributed by atoms with Gasteiger partial charge in [-0.05, 0) is 37.2 Å². The van der Waals surface area contributed by atoms with E-state index in [0.29, 0.717) is 29.9 Å². The van der Waals surface area contributed by atoms with Crippen LogP contribution < -0.4 is 20.5 Å². The maximum absolute atomic E-state index is 12.9. The van der Waals surface area contributed by atoms with E-state index in [0.717, 1.165) is 50.4 Å². The molecule has 3 aromatic heterocycles. The van der Waals surface area contributed by atoms with Crippen LogP contribution in [0.5, 0.6) is 5.75 Å². The van der Waals surface area contributed by atoms with Gasteiger partial charge in [0.2, 0.25) is 5.91 Å². The van der Waals surface area contributed by atoms with E-state index in [4.69, 9.17) is 9.15 Å². The predicted molar refractivity (Wildman–Crippen MR) is 138 cm³/mol. The molecule has 0 spiro atoms. The molecule has 0 aliphatic carbocycles. The molecule has 190 valence electrons. The first-order chi connectivity index (χ1) is 17.6. The minimum absolute atomic E-state index is 0.102. The summed E-state index contributed by atoms with van der Waals surface area (Å²) in [6.07, 6.45) is 3.07. The molecule has 4 aromatic rings. The molecule has 1 aliphatic heterocycles. The van der Waals surface area contributed by atoms with Gasteiger partial charge in [0.05, 0.1) is 18.9 Å². The lowest BCUT2D eigenvalue weighted by Gasteiger charge is -2.36. The SMILES string of the molecule is CCc1nn(CC(=O)NCCCN2CCN(c3ccc(OC)cc3)CC2)c(=O)c2cc3occc3n12. The summed E-state index contributed by atoms with van der Waals surface area (Å²) in [6.45, 7) is 7.27. The number of rotatable bonds is 9. The van der Waals surface area contributed by atoms with Crippen LogP contribution in [0.3, 0.4) is 0 Å². The summed E-state index contributed by atoms with van der Waals surface area (Å²) in [5, 5.41) is 7.39. The number of nitrogens with zero attached hydrogens (tertiary/aromatic N) is 5. The van der Waals surface area contributed by atoms with Gasteiger partial charge in [0.25, 0.3) is 5.56 Å². The number of hydrogen-bond donors (Lipinski definition) is 1. The smallest absolute Gasteiger partial charge is 0.291 e. The van der Waals surface area contributed by atoms with E-state index in [1.807, 2.05) is 29.5 Å². The van der Waals surface area contributed by atoms with Crippen LogP contribution in [0, 0.1) is 0 Å². The average molecular weight is 493 g/mol. The third-order valence-electron chi connectivity index (χ3n) is 6.76. The lowest BCUT2D eigenvalue weighted by molar-refractivity contribution is -0.121. The second-order valence-electron chi connectivity index (χ2n) is 9.00. The number of methoxy groups -OCH3 is 1. The number of carbonyl (C=O) groups is 1. The summed E-state index contributed by atoms with van der Waals surface area (Å²) in [4.78, 5) is 30.3. The summed E-state index contributed by atoms with van der Waals surface area (Å²) >= 11 is 0. The molecule has 1 aromatic carbocycles. The molecule has 5 rings (SSSR count). The van der Waals surface area contributed by atoms with Gasteiger partial charge in [-0.25, -0.2) is 4.68 Å². The summed E-state index contributed by atoms with van der Waals surface area (Å²) in [5.41, 5.74) is 2.83. The van der Waals surface area contributed by atoms with Gasteiger partial charge in [-0.15, -0.1) is 0 Å². The van der Waals surface area contributed by atoms with Gasteiger partial charge in [-0.2, -0.15) is 5.10 Å². The van der Waals surface area contributed by atoms with E-state index in [-0.39, 0.29) is 18.0 Å². The van der Waals surface area contributed by atoms with E-state index in [2.05, 4.69) is 32.3 Å². The number of aromatic nitrogens is 3. The van der Waals surface area contributed by atoms with Crippen molar-refractivity contribution in [3.05, 3.63) is 58.8 Å². The molecule has 0 bridgehead atoms. The van der Waals surface area contributed by atoms with Crippen molar-refractivity contribution in [1.82, 2.24) is 24.4 Å². The zero-order valence-electron chi connectivity index (χ0n) is 20.8. The molecule has 10 heteroatoms. The summed E-state index contributed by atoms with van der Waals surface area (Å²) < 4.78 is 13.7. The first-order valence-electron chi connectivity index (χ1n) is 12.4. The number of ether oxygens (including phenoxy) is 1. The minimum atomic E-state index is -0.302. The largest absolute Gasteiger partial charge is 0.497 e. The molecule has 0 radical (unpaired) electrons. The monoisotopic (exact) mass is 492 g/mol. The highest BCUT2D eigenvalue weighted by Crippen LogP contribution is 2.21. The number of anilines is 1. The zero-order chi connectivity index (χ0) is 25.1. The summed E-state index contributed by atoms with van der Waals surface area (Å²) in [6, 6.07) is 11.7. The maximum Gasteiger partial charge on any atom is 0.291 e. The number of fused-ring (bicyclic) bond motifs is 3. The predicted octanol–water partition coefficient (Wildman–Crippen LogP) is 2.14. The van der Waals surface area contributed by atoms with Crippen molar-refractivity contribution in [2.45, 2.75) is 26.3 Å². The number of amides is 1. The van der Waals surface area contributed by atoms with E-state index in [1.165, 1.54) is 10.4 Å². The Kier molecular flexibility index (Phi) is 6.95. The highest BCUT2D eigenvalue weighted by molar-refractivity contribution is 5.82. The second-order valence-corrected chi connectivity index (χ2v) is 9.00. The Hall–Kier alpha value is -3.79. The van der Waals surface area contributed by atoms with Gasteiger partial charge in [-0.1, -0.05) is 6.92 Å². The molecule has 1 N–H and O–H groups in total. The Bertz CT molecular complexity index is 1400. The molecule has 4 heterocycles. The Labute approximate surface area is 209 Å². The Morgan fingerprint density at radius 1 is 1.11 bits per heavy atom. The van der Waals surface area contributed by atoms with Gasteiger partial charge in [0.1, 0.15) is 23.6 Å². The average Bonchev–Trinajstić information content (AvgIpc) is 3.51. The Morgan fingerprint density at radius 3 is 2.61 bits per heavy atom. The molecule has 0 atom stereocenters. The van der Waals surface area contributed by atoms with Gasteiger partial charge in [0.15, 0.2) is 5.58 Å². The molecule has 1 amide bonds. The first kappa shape index (κ1) is 23.9. The standard InChI is InChI=1S/C26H32N6O4/c1-3-24-28-31(26(34)22-17-23-21(32(22)24)9-16-36-23)18-25(33)27-10-4-11-29-12-14-30(15-13-29)19-5-7-20(35-2)8-6-19/h5-9,16-17H,3-4,10-15,18H2,1-2H3,(H,27,33). The molecule has 36 heavy (non-hydrogen) atoms. The van der Waals surface area contributed by atoms with Crippen molar-refractivity contribution < 1.29 is 13.9 Å². The molecular formula is C26H32N6O4. The number of furan rings is 1. The van der Waals surface area contributed by atoms with Gasteiger partial charge in [-0.3, -0.25) is 18.9 Å². The van der Waals surface area contributed by atoms with Crippen molar-refractivity contribution in [3.8, 4) is 5.75 Å². The molecule has 0 saturated carbocycles. The number of carbonyl (C=O) groups excluding carboxylic acids is 1. The molecule has 10 nitrogen and oxygen atoms in total. The fourth-order valence-electron chi connectivity index (χ4n) is 4.80. The number of piperazine rings is 1. The van der Waals surface area contributed by atoms with Crippen molar-refractivity contribution in [2.75, 3.05) is 51.3 Å². The van der Waals surface area contributed by atoms with Crippen LogP contribution in [0.1, 0.15) is 19.2 Å². The van der Waals surface area contributed by atoms with Crippen molar-refractivity contribution in [1.29, 1.82) is 0 Å². The highest BCUT2D eigenvalue weighted by atomic mass is 16.5. The molecular weight excluding hydrogens is 460 g/mol. The van der Waals surface area contributed by atoms with Crippen LogP contribution >= 0.6 is 0 Å². The molecule has 1 fully saturated rings. The van der Waals surface area contributed by atoms with E-state index < -0.39 is 0 Å². The van der Waals surface area contributed by atoms with Crippen molar-refractivity contribution >= 4 is 28.2 Å². The van der Waals surface area contributed by atoms with Crippen LogP contribution in [0.25, 0.3) is 16.6 Å². The van der Waals surface area contributed by atoms with Gasteiger partial charge >= 0.3 is 0 Å². The fraction of sp³-hybridized carbons (Fsp3) is 0.423. The normalized spacial score (nSPS) is 14.6. The molecule has 0 unspecified atom stereocenters. The van der Waals surface area contributed by atoms with E-state index >= 15 is 0 Å². The molecule has 1 aliphatic rings. The van der Waals surface area contributed by atoms with Gasteiger partial charge < -0.3 is 19.4 Å². The Morgan fingerprint density at radius 2 is 1.89 bits per heavy atom. The Balaban J connectivity index is 1.09. The van der Waals surface area contributed by atoms with E-state index in [9.17, 15) is 9.59 Å². The molecule has 1 saturated heterocycles. The summed E-state index contributed by atoms with van der Waals surface area (Å²) in [7, 11) is 1.68. The number of benzene rings is 1. The van der Waals surface area contributed by atoms with Crippen molar-refractivity contribution in [3.63, 3.8) is 0 Å². The highest BCUT2D eigenvalue weighted by Gasteiger charge is 2.18. The number of hydrogen-bond acceptors (Lipinski definition) is 7. The van der Waals surface area contributed by atoms with E-state index in [1.54, 1.807) is 19.4 Å². The number of aryl methyl sites for hydroxylation is 1. The topological polar surface area (TPSA) is 97.3 Å². The van der Waals surface area contributed by atoms with Crippen LogP contribution in [0.4, 0.5) is 5.69 Å². The quantitative estimate of drug-likeness (QED) is 0.358. The third-order valence-corrected chi connectivity index (χ3v) is 6.76. The summed E-state index contributed by atoms with van der Waals surface area (Å²) in [5.74, 6) is 1.37. The lowest BCUT2D eigenvalue weighted by atomic mass is 10.2. The zero-order valence-corrected chi connectivity index (χ0v) is 20.8. The third kappa shape index (κ3) is 4.81. The second kappa shape index (κ2) is 10.4. The minimum Gasteiger partial charge on any atom is -0.497 e. The van der Waals surface area contributed by atoms with Gasteiger partial charge in [0, 0.05) is 57.0 Å². The van der Waals surface area contributed by atoms with Crippen molar-refractivity contribution in [2.24, 2.45) is 0 Å².